The third-order valence-electron chi connectivity index (χ3n) is 6.94. The molecule has 0 aliphatic carbocycles. The molecule has 0 bridgehead atoms. The summed E-state index contributed by atoms with van der Waals surface area (Å²) in [5, 5.41) is 4.72. The molecule has 33 heavy (non-hydrogen) atoms. The zero-order valence-corrected chi connectivity index (χ0v) is 20.5. The SMILES string of the molecule is Cc1sc2nc(CN3CCCC3)nc(NCc3ccc(C(=O)N4CCCCC4)cc3)c2c1C. The van der Waals surface area contributed by atoms with Crippen LogP contribution in [0.25, 0.3) is 10.2 Å². The number of anilines is 1. The number of hydrogen-bond donors (Lipinski definition) is 1. The minimum absolute atomic E-state index is 0.155. The van der Waals surface area contributed by atoms with Gasteiger partial charge < -0.3 is 10.2 Å². The van der Waals surface area contributed by atoms with E-state index in [1.807, 2.05) is 17.0 Å². The Morgan fingerprint density at radius 2 is 1.67 bits per heavy atom. The van der Waals surface area contributed by atoms with E-state index in [0.29, 0.717) is 6.54 Å². The third-order valence-corrected chi connectivity index (χ3v) is 8.04. The number of likely N-dealkylation sites (tertiary alicyclic amines) is 2. The molecule has 2 fully saturated rings. The van der Waals surface area contributed by atoms with E-state index in [1.165, 1.54) is 29.7 Å². The lowest BCUT2D eigenvalue weighted by Gasteiger charge is -2.26. The van der Waals surface area contributed by atoms with Crippen LogP contribution in [0.15, 0.2) is 24.3 Å². The monoisotopic (exact) mass is 463 g/mol. The number of fused-ring (bicyclic) bond motifs is 1. The number of nitrogens with one attached hydrogen (secondary N) is 1. The Labute approximate surface area is 200 Å². The van der Waals surface area contributed by atoms with Crippen LogP contribution in [-0.2, 0) is 13.1 Å². The second kappa shape index (κ2) is 9.77. The smallest absolute Gasteiger partial charge is 0.253 e. The minimum atomic E-state index is 0.155. The van der Waals surface area contributed by atoms with Crippen molar-refractivity contribution in [2.24, 2.45) is 0 Å². The van der Waals surface area contributed by atoms with Gasteiger partial charge >= 0.3 is 0 Å². The van der Waals surface area contributed by atoms with Crippen molar-refractivity contribution < 1.29 is 4.79 Å². The maximum Gasteiger partial charge on any atom is 0.253 e. The van der Waals surface area contributed by atoms with Crippen LogP contribution in [0.1, 0.15) is 64.3 Å². The quantitative estimate of drug-likeness (QED) is 0.548. The Morgan fingerprint density at radius 1 is 0.970 bits per heavy atom. The summed E-state index contributed by atoms with van der Waals surface area (Å²) >= 11 is 1.75. The van der Waals surface area contributed by atoms with E-state index >= 15 is 0 Å². The molecule has 0 spiro atoms. The van der Waals surface area contributed by atoms with E-state index in [1.54, 1.807) is 11.3 Å². The normalized spacial score (nSPS) is 17.1. The van der Waals surface area contributed by atoms with Crippen LogP contribution in [0.2, 0.25) is 0 Å². The van der Waals surface area contributed by atoms with Crippen molar-refractivity contribution in [2.75, 3.05) is 31.5 Å². The van der Waals surface area contributed by atoms with Gasteiger partial charge in [0.2, 0.25) is 0 Å². The largest absolute Gasteiger partial charge is 0.365 e. The molecule has 174 valence electrons. The summed E-state index contributed by atoms with van der Waals surface area (Å²) in [4.78, 5) is 29.4. The van der Waals surface area contributed by atoms with E-state index in [4.69, 9.17) is 9.97 Å². The van der Waals surface area contributed by atoms with Gasteiger partial charge in [-0.2, -0.15) is 0 Å². The summed E-state index contributed by atoms with van der Waals surface area (Å²) in [5.74, 6) is 1.97. The number of aryl methyl sites for hydroxylation is 2. The molecule has 0 atom stereocenters. The van der Waals surface area contributed by atoms with Gasteiger partial charge in [0.1, 0.15) is 16.5 Å². The Kier molecular flexibility index (Phi) is 6.60. The van der Waals surface area contributed by atoms with E-state index in [0.717, 1.165) is 78.6 Å². The Morgan fingerprint density at radius 3 is 2.39 bits per heavy atom. The fourth-order valence-electron chi connectivity index (χ4n) is 4.86. The minimum Gasteiger partial charge on any atom is -0.365 e. The number of carbonyl (C=O) groups is 1. The third kappa shape index (κ3) is 4.89. The highest BCUT2D eigenvalue weighted by atomic mass is 32.1. The van der Waals surface area contributed by atoms with E-state index in [2.05, 4.69) is 36.2 Å². The zero-order chi connectivity index (χ0) is 22.8. The van der Waals surface area contributed by atoms with E-state index in [9.17, 15) is 4.79 Å². The highest BCUT2D eigenvalue weighted by Gasteiger charge is 2.19. The van der Waals surface area contributed by atoms with Gasteiger partial charge in [0, 0.05) is 30.1 Å². The van der Waals surface area contributed by atoms with Crippen LogP contribution in [0.4, 0.5) is 5.82 Å². The summed E-state index contributed by atoms with van der Waals surface area (Å²) in [6.45, 7) is 9.82. The Balaban J connectivity index is 1.32. The lowest BCUT2D eigenvalue weighted by atomic mass is 10.1. The number of benzene rings is 1. The molecule has 1 amide bonds. The van der Waals surface area contributed by atoms with Crippen LogP contribution >= 0.6 is 11.3 Å². The van der Waals surface area contributed by atoms with Crippen molar-refractivity contribution >= 4 is 33.3 Å². The van der Waals surface area contributed by atoms with Crippen LogP contribution in [0.3, 0.4) is 0 Å². The Hall–Kier alpha value is -2.51. The van der Waals surface area contributed by atoms with Crippen LogP contribution in [-0.4, -0.2) is 51.9 Å². The molecule has 4 heterocycles. The molecule has 2 aliphatic heterocycles. The summed E-state index contributed by atoms with van der Waals surface area (Å²) in [5.41, 5.74) is 3.18. The number of aromatic nitrogens is 2. The lowest BCUT2D eigenvalue weighted by Crippen LogP contribution is -2.35. The molecule has 2 aromatic heterocycles. The van der Waals surface area contributed by atoms with E-state index < -0.39 is 0 Å². The summed E-state index contributed by atoms with van der Waals surface area (Å²) in [6, 6.07) is 8.03. The van der Waals surface area contributed by atoms with Crippen molar-refractivity contribution in [1.82, 2.24) is 19.8 Å². The molecule has 7 heteroatoms. The molecule has 5 rings (SSSR count). The lowest BCUT2D eigenvalue weighted by molar-refractivity contribution is 0.0724. The fraction of sp³-hybridized carbons (Fsp3) is 0.500. The second-order valence-corrected chi connectivity index (χ2v) is 10.5. The van der Waals surface area contributed by atoms with Crippen molar-refractivity contribution in [3.05, 3.63) is 51.7 Å². The number of amides is 1. The zero-order valence-electron chi connectivity index (χ0n) is 19.7. The fourth-order valence-corrected chi connectivity index (χ4v) is 5.91. The van der Waals surface area contributed by atoms with Crippen LogP contribution in [0.5, 0.6) is 0 Å². The molecule has 0 unspecified atom stereocenters. The van der Waals surface area contributed by atoms with Crippen molar-refractivity contribution in [1.29, 1.82) is 0 Å². The second-order valence-electron chi connectivity index (χ2n) is 9.34. The van der Waals surface area contributed by atoms with Gasteiger partial charge in [0.15, 0.2) is 0 Å². The first-order valence-corrected chi connectivity index (χ1v) is 13.0. The number of thiophene rings is 1. The molecular formula is C26H33N5OS. The van der Waals surface area contributed by atoms with Crippen LogP contribution < -0.4 is 5.32 Å². The predicted octanol–water partition coefficient (Wildman–Crippen LogP) is 5.14. The molecular weight excluding hydrogens is 430 g/mol. The summed E-state index contributed by atoms with van der Waals surface area (Å²) in [7, 11) is 0. The van der Waals surface area contributed by atoms with Gasteiger partial charge in [0.05, 0.1) is 11.9 Å². The first-order valence-electron chi connectivity index (χ1n) is 12.2. The molecule has 0 radical (unpaired) electrons. The average molecular weight is 464 g/mol. The first kappa shape index (κ1) is 22.3. The molecule has 6 nitrogen and oxygen atoms in total. The molecule has 3 aromatic rings. The molecule has 1 aromatic carbocycles. The highest BCUT2D eigenvalue weighted by molar-refractivity contribution is 7.18. The number of rotatable bonds is 6. The van der Waals surface area contributed by atoms with E-state index in [-0.39, 0.29) is 5.91 Å². The highest BCUT2D eigenvalue weighted by Crippen LogP contribution is 2.33. The number of carbonyl (C=O) groups excluding carboxylic acids is 1. The molecule has 2 aliphatic rings. The summed E-state index contributed by atoms with van der Waals surface area (Å²) in [6.07, 6.45) is 5.99. The first-order chi connectivity index (χ1) is 16.1. The molecule has 1 N–H and O–H groups in total. The molecule has 2 saturated heterocycles. The van der Waals surface area contributed by atoms with Crippen molar-refractivity contribution in [3.63, 3.8) is 0 Å². The molecule has 0 saturated carbocycles. The predicted molar refractivity (Wildman–Crippen MR) is 135 cm³/mol. The summed E-state index contributed by atoms with van der Waals surface area (Å²) < 4.78 is 0. The maximum absolute atomic E-state index is 12.7. The van der Waals surface area contributed by atoms with Gasteiger partial charge in [-0.1, -0.05) is 12.1 Å². The topological polar surface area (TPSA) is 61.4 Å². The average Bonchev–Trinajstić information content (AvgIpc) is 3.45. The van der Waals surface area contributed by atoms with Gasteiger partial charge in [-0.25, -0.2) is 9.97 Å². The van der Waals surface area contributed by atoms with Gasteiger partial charge in [-0.15, -0.1) is 11.3 Å². The van der Waals surface area contributed by atoms with Crippen molar-refractivity contribution in [2.45, 2.75) is 59.0 Å². The maximum atomic E-state index is 12.7. The standard InChI is InChI=1S/C26H33N5OS/c1-18-19(2)33-25-23(18)24(28-22(29-25)17-30-12-6-7-13-30)27-16-20-8-10-21(11-9-20)26(32)31-14-4-3-5-15-31/h8-11H,3-7,12-17H2,1-2H3,(H,27,28,29). The van der Waals surface area contributed by atoms with Crippen LogP contribution in [0, 0.1) is 13.8 Å². The number of nitrogens with zero attached hydrogens (tertiary/aromatic N) is 4. The van der Waals surface area contributed by atoms with Gasteiger partial charge in [-0.05, 0) is 82.3 Å². The Bertz CT molecular complexity index is 1130. The van der Waals surface area contributed by atoms with Gasteiger partial charge in [-0.3, -0.25) is 9.69 Å². The number of hydrogen-bond acceptors (Lipinski definition) is 6. The van der Waals surface area contributed by atoms with Crippen molar-refractivity contribution in [3.8, 4) is 0 Å². The van der Waals surface area contributed by atoms with Gasteiger partial charge in [0.25, 0.3) is 5.91 Å². The number of piperidine rings is 1.